The lowest BCUT2D eigenvalue weighted by Gasteiger charge is -2.62. The topological polar surface area (TPSA) is 54.0 Å². The number of pyridine rings is 1. The van der Waals surface area contributed by atoms with E-state index in [2.05, 4.69) is 45.9 Å². The number of amides is 1. The zero-order chi connectivity index (χ0) is 18.3. The number of hydrogen-bond acceptors (Lipinski definition) is 3. The molecule has 1 heterocycles. The summed E-state index contributed by atoms with van der Waals surface area (Å²) < 4.78 is 0. The molecular weight excluding hydrogens is 334 g/mol. The summed E-state index contributed by atoms with van der Waals surface area (Å²) in [6.07, 6.45) is 8.80. The Morgan fingerprint density at radius 1 is 0.963 bits per heavy atom. The third-order valence-corrected chi connectivity index (χ3v) is 6.85. The van der Waals surface area contributed by atoms with Crippen molar-refractivity contribution in [3.05, 3.63) is 66.0 Å². The normalized spacial score (nSPS) is 33.8. The second kappa shape index (κ2) is 6.45. The van der Waals surface area contributed by atoms with E-state index in [-0.39, 0.29) is 17.0 Å². The summed E-state index contributed by atoms with van der Waals surface area (Å²) in [6.45, 7) is 0.907. The number of aromatic nitrogens is 1. The number of carbonyl (C=O) groups excluding carboxylic acids is 1. The fraction of sp³-hybridized carbons (Fsp3) is 0.478. The number of nitrogens with one attached hydrogen (secondary N) is 2. The van der Waals surface area contributed by atoms with Crippen molar-refractivity contribution in [3.63, 3.8) is 0 Å². The van der Waals surface area contributed by atoms with E-state index in [1.165, 1.54) is 24.8 Å². The molecule has 4 aliphatic rings. The maximum atomic E-state index is 12.8. The van der Waals surface area contributed by atoms with E-state index < -0.39 is 0 Å². The molecule has 27 heavy (non-hydrogen) atoms. The third-order valence-electron chi connectivity index (χ3n) is 6.85. The van der Waals surface area contributed by atoms with Gasteiger partial charge in [0.05, 0.1) is 0 Å². The average Bonchev–Trinajstić information content (AvgIpc) is 2.67. The van der Waals surface area contributed by atoms with Crippen molar-refractivity contribution in [2.24, 2.45) is 11.8 Å². The Labute approximate surface area is 160 Å². The van der Waals surface area contributed by atoms with Crippen molar-refractivity contribution in [2.75, 3.05) is 0 Å². The maximum Gasteiger partial charge on any atom is 0.270 e. The van der Waals surface area contributed by atoms with E-state index in [9.17, 15) is 4.79 Å². The molecule has 1 aromatic carbocycles. The molecule has 140 valence electrons. The highest BCUT2D eigenvalue weighted by Gasteiger charge is 2.58. The van der Waals surface area contributed by atoms with Crippen LogP contribution in [-0.2, 0) is 6.54 Å². The van der Waals surface area contributed by atoms with Crippen molar-refractivity contribution < 1.29 is 4.79 Å². The Morgan fingerprint density at radius 2 is 1.67 bits per heavy atom. The summed E-state index contributed by atoms with van der Waals surface area (Å²) in [5.41, 5.74) is 1.96. The first-order chi connectivity index (χ1) is 13.1. The molecule has 4 aliphatic carbocycles. The van der Waals surface area contributed by atoms with Crippen molar-refractivity contribution >= 4 is 5.91 Å². The van der Waals surface area contributed by atoms with Crippen LogP contribution in [0.4, 0.5) is 0 Å². The first kappa shape index (κ1) is 16.9. The van der Waals surface area contributed by atoms with Gasteiger partial charge in [0.15, 0.2) is 0 Å². The standard InChI is InChI=1S/C23H27N3O/c27-21(20-8-4-5-9-24-20)26-23-13-18-10-19(14-23)12-22(11-18,16-23)25-15-17-6-2-1-3-7-17/h1-9,18-19,25H,10-16H2,(H,26,27). The summed E-state index contributed by atoms with van der Waals surface area (Å²) in [6, 6.07) is 16.2. The summed E-state index contributed by atoms with van der Waals surface area (Å²) in [5, 5.41) is 7.34. The first-order valence-electron chi connectivity index (χ1n) is 10.2. The molecule has 2 atom stereocenters. The molecule has 1 amide bonds. The van der Waals surface area contributed by atoms with Crippen LogP contribution >= 0.6 is 0 Å². The van der Waals surface area contributed by atoms with Crippen LogP contribution in [-0.4, -0.2) is 22.0 Å². The Kier molecular flexibility index (Phi) is 4.05. The number of nitrogens with zero attached hydrogens (tertiary/aromatic N) is 1. The Bertz CT molecular complexity index is 806. The van der Waals surface area contributed by atoms with Crippen LogP contribution in [0.5, 0.6) is 0 Å². The van der Waals surface area contributed by atoms with Gasteiger partial charge in [0.1, 0.15) is 5.69 Å². The molecule has 0 saturated heterocycles. The molecular formula is C23H27N3O. The SMILES string of the molecule is O=C(NC12CC3CC(CC(NCc4ccccc4)(C3)C1)C2)c1ccccn1. The highest BCUT2D eigenvalue weighted by molar-refractivity contribution is 5.92. The molecule has 0 aliphatic heterocycles. The van der Waals surface area contributed by atoms with Crippen molar-refractivity contribution in [3.8, 4) is 0 Å². The van der Waals surface area contributed by atoms with Crippen LogP contribution in [0.1, 0.15) is 54.6 Å². The highest BCUT2D eigenvalue weighted by Crippen LogP contribution is 2.57. The molecule has 2 aromatic rings. The predicted molar refractivity (Wildman–Crippen MR) is 105 cm³/mol. The Balaban J connectivity index is 1.35. The predicted octanol–water partition coefficient (Wildman–Crippen LogP) is 3.69. The van der Waals surface area contributed by atoms with Gasteiger partial charge in [0.25, 0.3) is 5.91 Å². The average molecular weight is 361 g/mol. The van der Waals surface area contributed by atoms with Crippen LogP contribution < -0.4 is 10.6 Å². The molecule has 4 bridgehead atoms. The molecule has 4 fully saturated rings. The largest absolute Gasteiger partial charge is 0.345 e. The molecule has 4 nitrogen and oxygen atoms in total. The van der Waals surface area contributed by atoms with Gasteiger partial charge >= 0.3 is 0 Å². The summed E-state index contributed by atoms with van der Waals surface area (Å²) in [5.74, 6) is 1.42. The number of hydrogen-bond donors (Lipinski definition) is 2. The van der Waals surface area contributed by atoms with Gasteiger partial charge in [-0.05, 0) is 68.1 Å². The second-order valence-electron chi connectivity index (χ2n) is 9.03. The minimum absolute atomic E-state index is 0.0178. The van der Waals surface area contributed by atoms with E-state index in [1.54, 1.807) is 12.3 Å². The molecule has 6 rings (SSSR count). The van der Waals surface area contributed by atoms with E-state index in [1.807, 2.05) is 12.1 Å². The summed E-state index contributed by atoms with van der Waals surface area (Å²) in [4.78, 5) is 17.1. The van der Waals surface area contributed by atoms with Gasteiger partial charge in [0, 0.05) is 23.8 Å². The van der Waals surface area contributed by atoms with Gasteiger partial charge < -0.3 is 10.6 Å². The van der Waals surface area contributed by atoms with Gasteiger partial charge in [-0.25, -0.2) is 0 Å². The monoisotopic (exact) mass is 361 g/mol. The lowest BCUT2D eigenvalue weighted by Crippen LogP contribution is -2.69. The lowest BCUT2D eigenvalue weighted by atomic mass is 9.50. The highest BCUT2D eigenvalue weighted by atomic mass is 16.2. The van der Waals surface area contributed by atoms with Crippen molar-refractivity contribution in [1.82, 2.24) is 15.6 Å². The van der Waals surface area contributed by atoms with Gasteiger partial charge in [-0.3, -0.25) is 9.78 Å². The van der Waals surface area contributed by atoms with Crippen molar-refractivity contribution in [1.29, 1.82) is 0 Å². The Hall–Kier alpha value is -2.20. The van der Waals surface area contributed by atoms with E-state index in [0.717, 1.165) is 37.6 Å². The quantitative estimate of drug-likeness (QED) is 0.854. The number of carbonyl (C=O) groups is 1. The maximum absolute atomic E-state index is 12.8. The number of benzene rings is 1. The smallest absolute Gasteiger partial charge is 0.270 e. The molecule has 2 unspecified atom stereocenters. The van der Waals surface area contributed by atoms with Crippen LogP contribution in [0, 0.1) is 11.8 Å². The van der Waals surface area contributed by atoms with Gasteiger partial charge in [0.2, 0.25) is 0 Å². The van der Waals surface area contributed by atoms with E-state index in [4.69, 9.17) is 0 Å². The molecule has 0 spiro atoms. The molecule has 1 aromatic heterocycles. The fourth-order valence-corrected chi connectivity index (χ4v) is 6.30. The molecule has 4 saturated carbocycles. The number of rotatable bonds is 5. The molecule has 2 N–H and O–H groups in total. The zero-order valence-electron chi connectivity index (χ0n) is 15.7. The molecule has 4 heteroatoms. The van der Waals surface area contributed by atoms with Crippen molar-refractivity contribution in [2.45, 2.75) is 56.1 Å². The van der Waals surface area contributed by atoms with E-state index >= 15 is 0 Å². The first-order valence-corrected chi connectivity index (χ1v) is 10.2. The summed E-state index contributed by atoms with van der Waals surface area (Å²) in [7, 11) is 0. The minimum Gasteiger partial charge on any atom is -0.345 e. The van der Waals surface area contributed by atoms with Crippen LogP contribution in [0.25, 0.3) is 0 Å². The third kappa shape index (κ3) is 3.27. The van der Waals surface area contributed by atoms with Crippen LogP contribution in [0.15, 0.2) is 54.7 Å². The second-order valence-corrected chi connectivity index (χ2v) is 9.03. The van der Waals surface area contributed by atoms with Gasteiger partial charge in [-0.1, -0.05) is 36.4 Å². The van der Waals surface area contributed by atoms with Crippen LogP contribution in [0.2, 0.25) is 0 Å². The minimum atomic E-state index is -0.0671. The summed E-state index contributed by atoms with van der Waals surface area (Å²) >= 11 is 0. The van der Waals surface area contributed by atoms with Crippen LogP contribution in [0.3, 0.4) is 0 Å². The zero-order valence-corrected chi connectivity index (χ0v) is 15.7. The lowest BCUT2D eigenvalue weighted by molar-refractivity contribution is -0.0492. The Morgan fingerprint density at radius 3 is 2.37 bits per heavy atom. The van der Waals surface area contributed by atoms with Gasteiger partial charge in [-0.2, -0.15) is 0 Å². The van der Waals surface area contributed by atoms with Gasteiger partial charge in [-0.15, -0.1) is 0 Å². The molecule has 0 radical (unpaired) electrons. The van der Waals surface area contributed by atoms with E-state index in [0.29, 0.717) is 5.69 Å². The fourth-order valence-electron chi connectivity index (χ4n) is 6.30.